The molecule has 1 aromatic carbocycles. The van der Waals surface area contributed by atoms with Gasteiger partial charge in [0.1, 0.15) is 5.75 Å². The minimum Gasteiger partial charge on any atom is -0.467 e. The third-order valence-electron chi connectivity index (χ3n) is 1.96. The lowest BCUT2D eigenvalue weighted by Crippen LogP contribution is -2.01. The van der Waals surface area contributed by atoms with Crippen molar-refractivity contribution in [3.05, 3.63) is 27.8 Å². The molecule has 0 aliphatic carbocycles. The summed E-state index contributed by atoms with van der Waals surface area (Å²) in [5.74, 6) is 0.630. The van der Waals surface area contributed by atoms with Crippen LogP contribution in [0.25, 0.3) is 0 Å². The molecular weight excluding hydrogens is 349 g/mol. The molecule has 0 N–H and O–H groups in total. The zero-order valence-electron chi connectivity index (χ0n) is 9.75. The first-order valence-corrected chi connectivity index (χ1v) is 6.06. The van der Waals surface area contributed by atoms with Crippen LogP contribution in [-0.2, 0) is 0 Å². The van der Waals surface area contributed by atoms with Gasteiger partial charge in [0.15, 0.2) is 0 Å². The van der Waals surface area contributed by atoms with E-state index in [1.165, 1.54) is 14.2 Å². The number of halogens is 1. The van der Waals surface area contributed by atoms with Gasteiger partial charge in [0, 0.05) is 3.57 Å². The van der Waals surface area contributed by atoms with Crippen molar-refractivity contribution in [3.8, 4) is 23.8 Å². The molecule has 0 aliphatic rings. The Morgan fingerprint density at radius 2 is 1.33 bits per heavy atom. The summed E-state index contributed by atoms with van der Waals surface area (Å²) in [6.45, 7) is 0. The summed E-state index contributed by atoms with van der Waals surface area (Å²) in [6.07, 6.45) is 0. The maximum atomic E-state index is 5.49. The van der Waals surface area contributed by atoms with E-state index in [1.54, 1.807) is 0 Å². The van der Waals surface area contributed by atoms with Gasteiger partial charge in [-0.25, -0.2) is 0 Å². The van der Waals surface area contributed by atoms with Gasteiger partial charge in [-0.15, -0.1) is 15.0 Å². The summed E-state index contributed by atoms with van der Waals surface area (Å²) in [5.41, 5.74) is 0. The third kappa shape index (κ3) is 3.19. The SMILES string of the molecule is COc1nc(OC)nc(Oc2ccc(I)cc2)n1. The Kier molecular flexibility index (Phi) is 4.13. The molecule has 2 rings (SSSR count). The summed E-state index contributed by atoms with van der Waals surface area (Å²) < 4.78 is 16.5. The lowest BCUT2D eigenvalue weighted by Gasteiger charge is -2.06. The fourth-order valence-corrected chi connectivity index (χ4v) is 1.52. The molecule has 1 heterocycles. The van der Waals surface area contributed by atoms with E-state index in [-0.39, 0.29) is 18.0 Å². The first kappa shape index (κ1) is 12.8. The van der Waals surface area contributed by atoms with Crippen molar-refractivity contribution < 1.29 is 14.2 Å². The van der Waals surface area contributed by atoms with Crippen molar-refractivity contribution in [1.29, 1.82) is 0 Å². The molecule has 94 valence electrons. The van der Waals surface area contributed by atoms with Crippen LogP contribution in [0, 0.1) is 3.57 Å². The van der Waals surface area contributed by atoms with Gasteiger partial charge in [0.05, 0.1) is 14.2 Å². The largest absolute Gasteiger partial charge is 0.467 e. The highest BCUT2D eigenvalue weighted by Crippen LogP contribution is 2.21. The molecule has 0 unspecified atom stereocenters. The molecule has 0 amide bonds. The minimum atomic E-state index is 0.125. The van der Waals surface area contributed by atoms with Crippen LogP contribution in [0.5, 0.6) is 23.8 Å². The van der Waals surface area contributed by atoms with Crippen LogP contribution in [0.3, 0.4) is 0 Å². The van der Waals surface area contributed by atoms with Gasteiger partial charge in [-0.2, -0.15) is 0 Å². The van der Waals surface area contributed by atoms with Crippen molar-refractivity contribution in [2.45, 2.75) is 0 Å². The van der Waals surface area contributed by atoms with Crippen LogP contribution in [0.1, 0.15) is 0 Å². The maximum absolute atomic E-state index is 5.49. The molecule has 2 aromatic rings. The van der Waals surface area contributed by atoms with Gasteiger partial charge < -0.3 is 14.2 Å². The minimum absolute atomic E-state index is 0.125. The van der Waals surface area contributed by atoms with E-state index >= 15 is 0 Å². The number of nitrogens with zero attached hydrogens (tertiary/aromatic N) is 3. The van der Waals surface area contributed by atoms with E-state index in [0.717, 1.165) is 3.57 Å². The van der Waals surface area contributed by atoms with E-state index < -0.39 is 0 Å². The second-order valence-corrected chi connectivity index (χ2v) is 4.39. The van der Waals surface area contributed by atoms with Crippen LogP contribution < -0.4 is 14.2 Å². The predicted octanol–water partition coefficient (Wildman–Crippen LogP) is 2.29. The molecule has 0 aliphatic heterocycles. The summed E-state index contributed by atoms with van der Waals surface area (Å²) in [5, 5.41) is 0. The van der Waals surface area contributed by atoms with Gasteiger partial charge in [0.25, 0.3) is 0 Å². The second kappa shape index (κ2) is 5.80. The predicted molar refractivity (Wildman–Crippen MR) is 72.2 cm³/mol. The molecule has 0 radical (unpaired) electrons. The summed E-state index contributed by atoms with van der Waals surface area (Å²) in [6, 6.07) is 7.90. The average molecular weight is 359 g/mol. The number of hydrogen-bond acceptors (Lipinski definition) is 6. The van der Waals surface area contributed by atoms with Crippen molar-refractivity contribution in [2.24, 2.45) is 0 Å². The van der Waals surface area contributed by atoms with Gasteiger partial charge in [-0.1, -0.05) is 0 Å². The van der Waals surface area contributed by atoms with E-state index in [9.17, 15) is 0 Å². The van der Waals surface area contributed by atoms with Crippen molar-refractivity contribution in [2.75, 3.05) is 14.2 Å². The van der Waals surface area contributed by atoms with Crippen molar-refractivity contribution in [1.82, 2.24) is 15.0 Å². The lowest BCUT2D eigenvalue weighted by molar-refractivity contribution is 0.320. The average Bonchev–Trinajstić information content (AvgIpc) is 2.41. The van der Waals surface area contributed by atoms with Gasteiger partial charge >= 0.3 is 18.0 Å². The molecule has 6 nitrogen and oxygen atoms in total. The van der Waals surface area contributed by atoms with Crippen LogP contribution in [0.4, 0.5) is 0 Å². The molecule has 0 saturated carbocycles. The highest BCUT2D eigenvalue weighted by Gasteiger charge is 2.08. The van der Waals surface area contributed by atoms with E-state index in [4.69, 9.17) is 14.2 Å². The smallest absolute Gasteiger partial charge is 0.331 e. The van der Waals surface area contributed by atoms with Crippen molar-refractivity contribution in [3.63, 3.8) is 0 Å². The number of hydrogen-bond donors (Lipinski definition) is 0. The summed E-state index contributed by atoms with van der Waals surface area (Å²) >= 11 is 2.21. The first-order valence-electron chi connectivity index (χ1n) is 4.98. The van der Waals surface area contributed by atoms with E-state index in [2.05, 4.69) is 37.5 Å². The van der Waals surface area contributed by atoms with Crippen LogP contribution in [0.15, 0.2) is 24.3 Å². The highest BCUT2D eigenvalue weighted by atomic mass is 127. The first-order chi connectivity index (χ1) is 8.71. The molecule has 7 heteroatoms. The number of rotatable bonds is 4. The summed E-state index contributed by atoms with van der Waals surface area (Å²) in [7, 11) is 2.92. The molecular formula is C11H10IN3O3. The normalized spacial score (nSPS) is 9.94. The quantitative estimate of drug-likeness (QED) is 0.781. The van der Waals surface area contributed by atoms with Gasteiger partial charge in [-0.05, 0) is 46.9 Å². The van der Waals surface area contributed by atoms with Crippen molar-refractivity contribution >= 4 is 22.6 Å². The zero-order valence-corrected chi connectivity index (χ0v) is 11.9. The molecule has 0 atom stereocenters. The second-order valence-electron chi connectivity index (χ2n) is 3.15. The maximum Gasteiger partial charge on any atom is 0.331 e. The lowest BCUT2D eigenvalue weighted by atomic mass is 10.3. The molecule has 0 bridgehead atoms. The standard InChI is InChI=1S/C11H10IN3O3/c1-16-9-13-10(17-2)15-11(14-9)18-8-5-3-7(12)4-6-8/h3-6H,1-2H3. The Labute approximate surface area is 117 Å². The number of methoxy groups -OCH3 is 2. The van der Waals surface area contributed by atoms with Gasteiger partial charge in [0.2, 0.25) is 0 Å². The molecule has 1 aromatic heterocycles. The number of ether oxygens (including phenoxy) is 3. The molecule has 0 fully saturated rings. The Morgan fingerprint density at radius 1 is 0.833 bits per heavy atom. The van der Waals surface area contributed by atoms with Crippen LogP contribution >= 0.6 is 22.6 Å². The highest BCUT2D eigenvalue weighted by molar-refractivity contribution is 14.1. The fraction of sp³-hybridized carbons (Fsp3) is 0.182. The Morgan fingerprint density at radius 3 is 1.83 bits per heavy atom. The number of aromatic nitrogens is 3. The fourth-order valence-electron chi connectivity index (χ4n) is 1.16. The van der Waals surface area contributed by atoms with E-state index in [0.29, 0.717) is 5.75 Å². The Hall–Kier alpha value is -1.64. The number of benzene rings is 1. The van der Waals surface area contributed by atoms with Crippen LogP contribution in [-0.4, -0.2) is 29.2 Å². The van der Waals surface area contributed by atoms with Crippen LogP contribution in [0.2, 0.25) is 0 Å². The van der Waals surface area contributed by atoms with E-state index in [1.807, 2.05) is 24.3 Å². The molecule has 18 heavy (non-hydrogen) atoms. The summed E-state index contributed by atoms with van der Waals surface area (Å²) in [4.78, 5) is 11.8. The zero-order chi connectivity index (χ0) is 13.0. The Balaban J connectivity index is 2.25. The molecule has 0 saturated heterocycles. The topological polar surface area (TPSA) is 66.4 Å². The third-order valence-corrected chi connectivity index (χ3v) is 2.68. The van der Waals surface area contributed by atoms with Gasteiger partial charge in [-0.3, -0.25) is 0 Å². The monoisotopic (exact) mass is 359 g/mol. The molecule has 0 spiro atoms. The Bertz CT molecular complexity index is 511.